The zero-order chi connectivity index (χ0) is 11.8. The molecule has 0 aromatic heterocycles. The van der Waals surface area contributed by atoms with Gasteiger partial charge in [0.05, 0.1) is 12.0 Å². The van der Waals surface area contributed by atoms with E-state index in [1.165, 1.54) is 6.42 Å². The van der Waals surface area contributed by atoms with Gasteiger partial charge in [0, 0.05) is 0 Å². The van der Waals surface area contributed by atoms with Crippen LogP contribution in [-0.2, 0) is 11.2 Å². The summed E-state index contributed by atoms with van der Waals surface area (Å²) < 4.78 is 5.82. The molecule has 90 valence electrons. The van der Waals surface area contributed by atoms with Gasteiger partial charge in [-0.05, 0) is 55.4 Å². The second-order valence-corrected chi connectivity index (χ2v) is 4.96. The van der Waals surface area contributed by atoms with Crippen LogP contribution in [0.25, 0.3) is 0 Å². The first kappa shape index (κ1) is 10.6. The zero-order valence-corrected chi connectivity index (χ0v) is 9.69. The average molecular weight is 232 g/mol. The highest BCUT2D eigenvalue weighted by atomic mass is 16.5. The minimum absolute atomic E-state index is 0.317. The highest BCUT2D eigenvalue weighted by molar-refractivity contribution is 5.78. The first-order valence-electron chi connectivity index (χ1n) is 6.26. The number of ether oxygens (including phenoxy) is 1. The van der Waals surface area contributed by atoms with Crippen molar-refractivity contribution < 1.29 is 14.6 Å². The molecule has 2 aliphatic carbocycles. The molecule has 1 aromatic rings. The maximum atomic E-state index is 11.1. The Morgan fingerprint density at radius 1 is 1.29 bits per heavy atom. The number of aryl methyl sites for hydroxylation is 1. The summed E-state index contributed by atoms with van der Waals surface area (Å²) in [6, 6.07) is 5.87. The van der Waals surface area contributed by atoms with E-state index in [0.29, 0.717) is 6.10 Å². The van der Waals surface area contributed by atoms with E-state index >= 15 is 0 Å². The normalized spacial score (nSPS) is 22.9. The van der Waals surface area contributed by atoms with E-state index in [2.05, 4.69) is 0 Å². The SMILES string of the molecule is O=C(O)C1CCc2cc(OC3CCC3)ccc21. The van der Waals surface area contributed by atoms with E-state index in [0.717, 1.165) is 42.6 Å². The maximum Gasteiger partial charge on any atom is 0.310 e. The van der Waals surface area contributed by atoms with Gasteiger partial charge in [0.2, 0.25) is 0 Å². The Kier molecular flexibility index (Phi) is 2.54. The standard InChI is InChI=1S/C14H16O3/c15-14(16)13-6-4-9-8-11(5-7-12(9)13)17-10-2-1-3-10/h5,7-8,10,13H,1-4,6H2,(H,15,16). The van der Waals surface area contributed by atoms with Crippen LogP contribution < -0.4 is 4.74 Å². The smallest absolute Gasteiger partial charge is 0.310 e. The molecule has 0 amide bonds. The van der Waals surface area contributed by atoms with Crippen LogP contribution in [0.15, 0.2) is 18.2 Å². The summed E-state index contributed by atoms with van der Waals surface area (Å²) in [7, 11) is 0. The number of rotatable bonds is 3. The average Bonchev–Trinajstić information content (AvgIpc) is 2.66. The number of fused-ring (bicyclic) bond motifs is 1. The number of aliphatic carboxylic acids is 1. The molecule has 1 N–H and O–H groups in total. The van der Waals surface area contributed by atoms with Gasteiger partial charge >= 0.3 is 5.97 Å². The van der Waals surface area contributed by atoms with Gasteiger partial charge in [-0.3, -0.25) is 4.79 Å². The zero-order valence-electron chi connectivity index (χ0n) is 9.69. The Labute approximate surface area is 100 Å². The molecule has 1 unspecified atom stereocenters. The van der Waals surface area contributed by atoms with Crippen molar-refractivity contribution in [1.29, 1.82) is 0 Å². The van der Waals surface area contributed by atoms with E-state index in [9.17, 15) is 4.79 Å². The van der Waals surface area contributed by atoms with E-state index < -0.39 is 5.97 Å². The monoisotopic (exact) mass is 232 g/mol. The predicted octanol–water partition coefficient (Wildman–Crippen LogP) is 2.73. The van der Waals surface area contributed by atoms with E-state index in [4.69, 9.17) is 9.84 Å². The molecule has 0 saturated heterocycles. The molecule has 0 heterocycles. The molecular weight excluding hydrogens is 216 g/mol. The van der Waals surface area contributed by atoms with Crippen LogP contribution in [0.1, 0.15) is 42.7 Å². The topological polar surface area (TPSA) is 46.5 Å². The van der Waals surface area contributed by atoms with Crippen LogP contribution in [-0.4, -0.2) is 17.2 Å². The van der Waals surface area contributed by atoms with Crippen molar-refractivity contribution in [2.45, 2.75) is 44.1 Å². The van der Waals surface area contributed by atoms with Crippen molar-refractivity contribution in [3.8, 4) is 5.75 Å². The van der Waals surface area contributed by atoms with Crippen molar-refractivity contribution in [2.24, 2.45) is 0 Å². The molecule has 0 radical (unpaired) electrons. The van der Waals surface area contributed by atoms with Crippen LogP contribution in [0, 0.1) is 0 Å². The van der Waals surface area contributed by atoms with E-state index in [1.807, 2.05) is 18.2 Å². The summed E-state index contributed by atoms with van der Waals surface area (Å²) in [6.45, 7) is 0. The second kappa shape index (κ2) is 4.06. The molecule has 17 heavy (non-hydrogen) atoms. The van der Waals surface area contributed by atoms with Gasteiger partial charge in [0.15, 0.2) is 0 Å². The van der Waals surface area contributed by atoms with Crippen LogP contribution in [0.2, 0.25) is 0 Å². The third-order valence-electron chi connectivity index (χ3n) is 3.85. The lowest BCUT2D eigenvalue weighted by Crippen LogP contribution is -2.24. The summed E-state index contributed by atoms with van der Waals surface area (Å²) in [5, 5.41) is 9.09. The molecule has 0 aliphatic heterocycles. The lowest BCUT2D eigenvalue weighted by Gasteiger charge is -2.26. The van der Waals surface area contributed by atoms with Gasteiger partial charge in [-0.15, -0.1) is 0 Å². The minimum Gasteiger partial charge on any atom is -0.490 e. The molecule has 2 aliphatic rings. The fourth-order valence-corrected chi connectivity index (χ4v) is 2.60. The van der Waals surface area contributed by atoms with Crippen molar-refractivity contribution >= 4 is 5.97 Å². The molecule has 3 nitrogen and oxygen atoms in total. The summed E-state index contributed by atoms with van der Waals surface area (Å²) in [5.41, 5.74) is 2.12. The Morgan fingerprint density at radius 3 is 2.76 bits per heavy atom. The van der Waals surface area contributed by atoms with Crippen molar-refractivity contribution in [1.82, 2.24) is 0 Å². The largest absolute Gasteiger partial charge is 0.490 e. The Hall–Kier alpha value is -1.51. The van der Waals surface area contributed by atoms with Gasteiger partial charge in [-0.1, -0.05) is 6.07 Å². The first-order chi connectivity index (χ1) is 8.24. The van der Waals surface area contributed by atoms with Crippen LogP contribution in [0.5, 0.6) is 5.75 Å². The molecule has 1 atom stereocenters. The summed E-state index contributed by atoms with van der Waals surface area (Å²) >= 11 is 0. The van der Waals surface area contributed by atoms with Crippen molar-refractivity contribution in [3.05, 3.63) is 29.3 Å². The summed E-state index contributed by atoms with van der Waals surface area (Å²) in [4.78, 5) is 11.1. The molecule has 0 bridgehead atoms. The fourth-order valence-electron chi connectivity index (χ4n) is 2.60. The highest BCUT2D eigenvalue weighted by Gasteiger charge is 2.29. The molecule has 3 heteroatoms. The van der Waals surface area contributed by atoms with Gasteiger partial charge < -0.3 is 9.84 Å². The van der Waals surface area contributed by atoms with Gasteiger partial charge in [0.1, 0.15) is 5.75 Å². The molecular formula is C14H16O3. The number of benzene rings is 1. The van der Waals surface area contributed by atoms with Crippen LogP contribution in [0.4, 0.5) is 0 Å². The Balaban J connectivity index is 1.80. The van der Waals surface area contributed by atoms with Crippen molar-refractivity contribution in [2.75, 3.05) is 0 Å². The molecule has 1 fully saturated rings. The lowest BCUT2D eigenvalue weighted by molar-refractivity contribution is -0.138. The number of carboxylic acids is 1. The third-order valence-corrected chi connectivity index (χ3v) is 3.85. The molecule has 0 spiro atoms. The lowest BCUT2D eigenvalue weighted by atomic mass is 9.96. The second-order valence-electron chi connectivity index (χ2n) is 4.96. The minimum atomic E-state index is -0.712. The number of hydrogen-bond donors (Lipinski definition) is 1. The Bertz CT molecular complexity index is 449. The summed E-state index contributed by atoms with van der Waals surface area (Å²) in [5.74, 6) is -0.126. The highest BCUT2D eigenvalue weighted by Crippen LogP contribution is 2.36. The molecule has 3 rings (SSSR count). The van der Waals surface area contributed by atoms with Crippen molar-refractivity contribution in [3.63, 3.8) is 0 Å². The van der Waals surface area contributed by atoms with Gasteiger partial charge in [0.25, 0.3) is 0 Å². The van der Waals surface area contributed by atoms with Crippen LogP contribution in [0.3, 0.4) is 0 Å². The Morgan fingerprint density at radius 2 is 2.12 bits per heavy atom. The van der Waals surface area contributed by atoms with E-state index in [1.54, 1.807) is 0 Å². The maximum absolute atomic E-state index is 11.1. The quantitative estimate of drug-likeness (QED) is 0.871. The number of carbonyl (C=O) groups is 1. The van der Waals surface area contributed by atoms with Gasteiger partial charge in [-0.2, -0.15) is 0 Å². The number of hydrogen-bond acceptors (Lipinski definition) is 2. The predicted molar refractivity (Wildman–Crippen MR) is 63.4 cm³/mol. The molecule has 1 aromatic carbocycles. The third kappa shape index (κ3) is 1.90. The van der Waals surface area contributed by atoms with E-state index in [-0.39, 0.29) is 5.92 Å². The van der Waals surface area contributed by atoms with Crippen LogP contribution >= 0.6 is 0 Å². The molecule has 1 saturated carbocycles. The summed E-state index contributed by atoms with van der Waals surface area (Å²) in [6.07, 6.45) is 5.51. The first-order valence-corrected chi connectivity index (χ1v) is 6.26. The fraction of sp³-hybridized carbons (Fsp3) is 0.500. The van der Waals surface area contributed by atoms with Gasteiger partial charge in [-0.25, -0.2) is 0 Å². The number of carboxylic acid groups (broad SMARTS) is 1.